The first kappa shape index (κ1) is 10.7. The van der Waals surface area contributed by atoms with Gasteiger partial charge in [-0.2, -0.15) is 13.2 Å². The Morgan fingerprint density at radius 3 is 2.71 bits per heavy atom. The van der Waals surface area contributed by atoms with E-state index in [9.17, 15) is 18.0 Å². The molecule has 7 heteroatoms. The van der Waals surface area contributed by atoms with E-state index < -0.39 is 12.7 Å². The van der Waals surface area contributed by atoms with E-state index in [-0.39, 0.29) is 18.0 Å². The minimum absolute atomic E-state index is 0.170. The Hall–Kier alpha value is -1.40. The molecule has 0 aliphatic rings. The number of aromatic nitrogens is 3. The third-order valence-corrected chi connectivity index (χ3v) is 1.45. The molecule has 0 unspecified atom stereocenters. The molecule has 1 aromatic heterocycles. The molecule has 1 heterocycles. The summed E-state index contributed by atoms with van der Waals surface area (Å²) in [4.78, 5) is 14.4. The zero-order valence-corrected chi connectivity index (χ0v) is 7.38. The molecule has 4 nitrogen and oxygen atoms in total. The van der Waals surface area contributed by atoms with Crippen molar-refractivity contribution in [1.29, 1.82) is 0 Å². The van der Waals surface area contributed by atoms with Crippen molar-refractivity contribution in [2.24, 2.45) is 0 Å². The normalized spacial score (nSPS) is 11.7. The maximum Gasteiger partial charge on any atom is 0.408 e. The van der Waals surface area contributed by atoms with Crippen LogP contribution in [-0.2, 0) is 6.54 Å². The number of carbonyl (C=O) groups excluding carboxylic acids is 1. The quantitative estimate of drug-likeness (QED) is 0.704. The predicted octanol–water partition coefficient (Wildman–Crippen LogP) is 1.43. The fourth-order valence-electron chi connectivity index (χ4n) is 0.840. The van der Waals surface area contributed by atoms with Crippen LogP contribution < -0.4 is 0 Å². The molecule has 0 spiro atoms. The topological polar surface area (TPSA) is 47.8 Å². The SMILES string of the molecule is CCC(=O)c1ncn(CC(F)(F)F)n1. The van der Waals surface area contributed by atoms with Crippen molar-refractivity contribution in [3.05, 3.63) is 12.2 Å². The Morgan fingerprint density at radius 2 is 2.21 bits per heavy atom. The van der Waals surface area contributed by atoms with Crippen LogP contribution in [-0.4, -0.2) is 26.7 Å². The molecule has 0 fully saturated rings. The lowest BCUT2D eigenvalue weighted by Gasteiger charge is -2.04. The van der Waals surface area contributed by atoms with Crippen LogP contribution >= 0.6 is 0 Å². The zero-order chi connectivity index (χ0) is 10.8. The zero-order valence-electron chi connectivity index (χ0n) is 7.38. The molecule has 14 heavy (non-hydrogen) atoms. The van der Waals surface area contributed by atoms with Gasteiger partial charge in [-0.3, -0.25) is 4.79 Å². The third-order valence-electron chi connectivity index (χ3n) is 1.45. The summed E-state index contributed by atoms with van der Waals surface area (Å²) < 4.78 is 36.2. The largest absolute Gasteiger partial charge is 0.408 e. The average Bonchev–Trinajstić information content (AvgIpc) is 2.48. The summed E-state index contributed by atoms with van der Waals surface area (Å²) in [6, 6.07) is 0. The first-order valence-electron chi connectivity index (χ1n) is 3.92. The van der Waals surface area contributed by atoms with Gasteiger partial charge < -0.3 is 0 Å². The van der Waals surface area contributed by atoms with Crippen LogP contribution in [0.1, 0.15) is 24.0 Å². The summed E-state index contributed by atoms with van der Waals surface area (Å²) in [7, 11) is 0. The Balaban J connectivity index is 2.74. The molecule has 1 aromatic rings. The Bertz CT molecular complexity index is 331. The van der Waals surface area contributed by atoms with Gasteiger partial charge in [0.2, 0.25) is 11.6 Å². The summed E-state index contributed by atoms with van der Waals surface area (Å²) >= 11 is 0. The number of alkyl halides is 3. The van der Waals surface area contributed by atoms with Crippen molar-refractivity contribution in [3.8, 4) is 0 Å². The molecule has 0 amide bonds. The number of hydrogen-bond acceptors (Lipinski definition) is 3. The van der Waals surface area contributed by atoms with Crippen molar-refractivity contribution in [2.75, 3.05) is 0 Å². The number of hydrogen-bond donors (Lipinski definition) is 0. The van der Waals surface area contributed by atoms with Gasteiger partial charge in [-0.15, -0.1) is 5.10 Å². The van der Waals surface area contributed by atoms with Gasteiger partial charge in [0, 0.05) is 6.42 Å². The Labute approximate surface area is 77.7 Å². The summed E-state index contributed by atoms with van der Waals surface area (Å²) in [5.74, 6) is -0.539. The number of Topliss-reactive ketones (excluding diaryl/α,β-unsaturated/α-hetero) is 1. The van der Waals surface area contributed by atoms with Gasteiger partial charge in [-0.05, 0) is 0 Å². The van der Waals surface area contributed by atoms with E-state index in [4.69, 9.17) is 0 Å². The maximum absolute atomic E-state index is 11.9. The first-order valence-corrected chi connectivity index (χ1v) is 3.92. The second-order valence-electron chi connectivity index (χ2n) is 2.66. The summed E-state index contributed by atoms with van der Waals surface area (Å²) in [6.07, 6.45) is -3.27. The molecule has 0 aliphatic carbocycles. The summed E-state index contributed by atoms with van der Waals surface area (Å²) in [6.45, 7) is 0.365. The Kier molecular flexibility index (Phi) is 2.87. The van der Waals surface area contributed by atoms with Gasteiger partial charge in [-0.1, -0.05) is 6.92 Å². The fourth-order valence-corrected chi connectivity index (χ4v) is 0.840. The predicted molar refractivity (Wildman–Crippen MR) is 40.7 cm³/mol. The molecule has 78 valence electrons. The molecule has 1 rings (SSSR count). The molecule has 0 saturated carbocycles. The van der Waals surface area contributed by atoms with Crippen molar-refractivity contribution >= 4 is 5.78 Å². The van der Waals surface area contributed by atoms with Gasteiger partial charge in [-0.25, -0.2) is 9.67 Å². The monoisotopic (exact) mass is 207 g/mol. The average molecular weight is 207 g/mol. The van der Waals surface area contributed by atoms with E-state index in [0.29, 0.717) is 4.68 Å². The molecule has 0 aliphatic heterocycles. The standard InChI is InChI=1S/C7H8F3N3O/c1-2-5(14)6-11-4-13(12-6)3-7(8,9)10/h4H,2-3H2,1H3. The smallest absolute Gasteiger partial charge is 0.291 e. The van der Waals surface area contributed by atoms with E-state index in [0.717, 1.165) is 6.33 Å². The first-order chi connectivity index (χ1) is 6.42. The van der Waals surface area contributed by atoms with Crippen molar-refractivity contribution in [3.63, 3.8) is 0 Å². The summed E-state index contributed by atoms with van der Waals surface area (Å²) in [5, 5.41) is 3.40. The molecule has 0 N–H and O–H groups in total. The van der Waals surface area contributed by atoms with E-state index >= 15 is 0 Å². The lowest BCUT2D eigenvalue weighted by Crippen LogP contribution is -2.18. The van der Waals surface area contributed by atoms with Crippen LogP contribution in [0.15, 0.2) is 6.33 Å². The number of halogens is 3. The highest BCUT2D eigenvalue weighted by molar-refractivity contribution is 5.91. The van der Waals surface area contributed by atoms with E-state index in [2.05, 4.69) is 10.1 Å². The Morgan fingerprint density at radius 1 is 1.57 bits per heavy atom. The van der Waals surface area contributed by atoms with Gasteiger partial charge >= 0.3 is 6.18 Å². The third kappa shape index (κ3) is 2.82. The van der Waals surface area contributed by atoms with Gasteiger partial charge in [0.15, 0.2) is 0 Å². The summed E-state index contributed by atoms with van der Waals surface area (Å²) in [5.41, 5.74) is 0. The number of nitrogens with zero attached hydrogens (tertiary/aromatic N) is 3. The van der Waals surface area contributed by atoms with Crippen LogP contribution in [0.25, 0.3) is 0 Å². The highest BCUT2D eigenvalue weighted by atomic mass is 19.4. The second kappa shape index (κ2) is 3.77. The van der Waals surface area contributed by atoms with Crippen molar-refractivity contribution in [1.82, 2.24) is 14.8 Å². The van der Waals surface area contributed by atoms with Crippen molar-refractivity contribution < 1.29 is 18.0 Å². The highest BCUT2D eigenvalue weighted by Crippen LogP contribution is 2.16. The minimum Gasteiger partial charge on any atom is -0.291 e. The molecular formula is C7H8F3N3O. The van der Waals surface area contributed by atoms with E-state index in [1.54, 1.807) is 6.92 Å². The van der Waals surface area contributed by atoms with Gasteiger partial charge in [0.05, 0.1) is 0 Å². The van der Waals surface area contributed by atoms with Crippen LogP contribution in [0, 0.1) is 0 Å². The molecule has 0 atom stereocenters. The number of ketones is 1. The molecule has 0 saturated heterocycles. The maximum atomic E-state index is 11.9. The molecule has 0 aromatic carbocycles. The molecule has 0 bridgehead atoms. The molecular weight excluding hydrogens is 199 g/mol. The lowest BCUT2D eigenvalue weighted by atomic mass is 10.3. The second-order valence-corrected chi connectivity index (χ2v) is 2.66. The lowest BCUT2D eigenvalue weighted by molar-refractivity contribution is -0.142. The van der Waals surface area contributed by atoms with E-state index in [1.807, 2.05) is 0 Å². The highest BCUT2D eigenvalue weighted by Gasteiger charge is 2.28. The van der Waals surface area contributed by atoms with Gasteiger partial charge in [0.25, 0.3) is 0 Å². The van der Waals surface area contributed by atoms with Crippen LogP contribution in [0.3, 0.4) is 0 Å². The van der Waals surface area contributed by atoms with E-state index in [1.165, 1.54) is 0 Å². The number of carbonyl (C=O) groups is 1. The minimum atomic E-state index is -4.35. The number of rotatable bonds is 3. The fraction of sp³-hybridized carbons (Fsp3) is 0.571. The van der Waals surface area contributed by atoms with Crippen LogP contribution in [0.5, 0.6) is 0 Å². The van der Waals surface area contributed by atoms with Crippen LogP contribution in [0.4, 0.5) is 13.2 Å². The van der Waals surface area contributed by atoms with Gasteiger partial charge in [0.1, 0.15) is 12.9 Å². The molecule has 0 radical (unpaired) electrons. The van der Waals surface area contributed by atoms with Crippen LogP contribution in [0.2, 0.25) is 0 Å². The van der Waals surface area contributed by atoms with Crippen molar-refractivity contribution in [2.45, 2.75) is 26.1 Å².